The van der Waals surface area contributed by atoms with Gasteiger partial charge in [-0.05, 0) is 52.4 Å². The van der Waals surface area contributed by atoms with E-state index in [0.29, 0.717) is 16.4 Å². The van der Waals surface area contributed by atoms with Crippen molar-refractivity contribution in [3.8, 4) is 0 Å². The molecule has 1 aromatic carbocycles. The van der Waals surface area contributed by atoms with Gasteiger partial charge in [0.05, 0.1) is 4.47 Å². The summed E-state index contributed by atoms with van der Waals surface area (Å²) in [5.41, 5.74) is 1.16. The second-order valence-corrected chi connectivity index (χ2v) is 7.16. The van der Waals surface area contributed by atoms with E-state index in [9.17, 15) is 4.39 Å². The van der Waals surface area contributed by atoms with Gasteiger partial charge in [0.1, 0.15) is 5.82 Å². The predicted molar refractivity (Wildman–Crippen MR) is 87.9 cm³/mol. The summed E-state index contributed by atoms with van der Waals surface area (Å²) in [5.74, 6) is 0.542. The lowest BCUT2D eigenvalue weighted by Gasteiger charge is -2.41. The summed E-state index contributed by atoms with van der Waals surface area (Å²) in [6, 6.07) is 6.10. The number of nitrogens with one attached hydrogen (secondary N) is 1. The van der Waals surface area contributed by atoms with E-state index in [1.165, 1.54) is 32.1 Å². The first-order valence-electron chi connectivity index (χ1n) is 8.15. The first-order chi connectivity index (χ1) is 10.3. The zero-order chi connectivity index (χ0) is 14.7. The summed E-state index contributed by atoms with van der Waals surface area (Å²) in [7, 11) is 0. The molecule has 1 saturated carbocycles. The summed E-state index contributed by atoms with van der Waals surface area (Å²) < 4.78 is 14.6. The van der Waals surface area contributed by atoms with Gasteiger partial charge in [0.15, 0.2) is 0 Å². The zero-order valence-electron chi connectivity index (χ0n) is 12.5. The molecule has 0 radical (unpaired) electrons. The van der Waals surface area contributed by atoms with E-state index in [4.69, 9.17) is 0 Å². The molecular weight excluding hydrogens is 331 g/mol. The molecule has 1 saturated heterocycles. The summed E-state index contributed by atoms with van der Waals surface area (Å²) in [4.78, 5) is 2.56. The Morgan fingerprint density at radius 2 is 1.86 bits per heavy atom. The van der Waals surface area contributed by atoms with Crippen LogP contribution in [0.2, 0.25) is 0 Å². The Morgan fingerprint density at radius 1 is 1.14 bits per heavy atom. The quantitative estimate of drug-likeness (QED) is 0.878. The molecule has 3 rings (SSSR count). The maximum Gasteiger partial charge on any atom is 0.137 e. The lowest BCUT2D eigenvalue weighted by atomic mass is 9.80. The normalized spacial score (nSPS) is 23.1. The van der Waals surface area contributed by atoms with Crippen molar-refractivity contribution >= 4 is 15.9 Å². The third-order valence-corrected chi connectivity index (χ3v) is 5.57. The van der Waals surface area contributed by atoms with Crippen molar-refractivity contribution in [3.63, 3.8) is 0 Å². The third-order valence-electron chi connectivity index (χ3n) is 4.93. The van der Waals surface area contributed by atoms with Crippen LogP contribution in [0.15, 0.2) is 22.7 Å². The molecule has 21 heavy (non-hydrogen) atoms. The third kappa shape index (κ3) is 3.66. The van der Waals surface area contributed by atoms with Crippen LogP contribution in [-0.2, 0) is 0 Å². The standard InChI is InChI=1S/C17H24BrFN2/c18-15-7-6-14(12-16(15)19)17(13-4-2-1-3-5-13)21-10-8-20-9-11-21/h6-7,12-13,17,20H,1-5,8-11H2/t17-/m1/s1. The minimum absolute atomic E-state index is 0.136. The lowest BCUT2D eigenvalue weighted by molar-refractivity contribution is 0.103. The number of nitrogens with zero attached hydrogens (tertiary/aromatic N) is 1. The number of benzene rings is 1. The number of rotatable bonds is 3. The van der Waals surface area contributed by atoms with Crippen LogP contribution in [0, 0.1) is 11.7 Å². The van der Waals surface area contributed by atoms with Gasteiger partial charge in [0.25, 0.3) is 0 Å². The Hall–Kier alpha value is -0.450. The summed E-state index contributed by atoms with van der Waals surface area (Å²) in [6.45, 7) is 4.22. The number of hydrogen-bond acceptors (Lipinski definition) is 2. The molecule has 0 bridgehead atoms. The van der Waals surface area contributed by atoms with E-state index in [-0.39, 0.29) is 5.82 Å². The summed E-state index contributed by atoms with van der Waals surface area (Å²) in [6.07, 6.45) is 6.58. The van der Waals surface area contributed by atoms with Crippen LogP contribution >= 0.6 is 15.9 Å². The van der Waals surface area contributed by atoms with E-state index in [1.807, 2.05) is 6.07 Å². The average molecular weight is 355 g/mol. The van der Waals surface area contributed by atoms with Crippen LogP contribution in [0.5, 0.6) is 0 Å². The molecule has 1 N–H and O–H groups in total. The van der Waals surface area contributed by atoms with Crippen LogP contribution < -0.4 is 5.32 Å². The summed E-state index contributed by atoms with van der Waals surface area (Å²) in [5, 5.41) is 3.42. The molecule has 1 atom stereocenters. The highest BCUT2D eigenvalue weighted by atomic mass is 79.9. The van der Waals surface area contributed by atoms with Gasteiger partial charge in [-0.1, -0.05) is 25.3 Å². The van der Waals surface area contributed by atoms with Crippen molar-refractivity contribution in [1.29, 1.82) is 0 Å². The zero-order valence-corrected chi connectivity index (χ0v) is 14.0. The van der Waals surface area contributed by atoms with Crippen LogP contribution in [0.4, 0.5) is 4.39 Å². The van der Waals surface area contributed by atoms with Gasteiger partial charge in [-0.2, -0.15) is 0 Å². The fourth-order valence-corrected chi connectivity index (χ4v) is 4.13. The van der Waals surface area contributed by atoms with Gasteiger partial charge in [0.2, 0.25) is 0 Å². The van der Waals surface area contributed by atoms with E-state index in [0.717, 1.165) is 31.7 Å². The van der Waals surface area contributed by atoms with Crippen molar-refractivity contribution in [2.45, 2.75) is 38.1 Å². The molecule has 1 aliphatic heterocycles. The topological polar surface area (TPSA) is 15.3 Å². The second kappa shape index (κ2) is 7.21. The molecule has 0 spiro atoms. The summed E-state index contributed by atoms with van der Waals surface area (Å²) >= 11 is 3.27. The molecule has 2 nitrogen and oxygen atoms in total. The van der Waals surface area contributed by atoms with Crippen molar-refractivity contribution in [1.82, 2.24) is 10.2 Å². The minimum atomic E-state index is -0.136. The maximum atomic E-state index is 14.0. The van der Waals surface area contributed by atoms with Crippen molar-refractivity contribution < 1.29 is 4.39 Å². The van der Waals surface area contributed by atoms with Crippen LogP contribution in [-0.4, -0.2) is 31.1 Å². The van der Waals surface area contributed by atoms with Crippen LogP contribution in [0.25, 0.3) is 0 Å². The SMILES string of the molecule is Fc1cc([C@@H](C2CCCCC2)N2CCNCC2)ccc1Br. The molecule has 116 valence electrons. The number of halogens is 2. The molecule has 0 amide bonds. The second-order valence-electron chi connectivity index (χ2n) is 6.30. The largest absolute Gasteiger partial charge is 0.314 e. The van der Waals surface area contributed by atoms with Gasteiger partial charge in [-0.15, -0.1) is 0 Å². The Balaban J connectivity index is 1.87. The predicted octanol–water partition coefficient (Wildman–Crippen LogP) is 4.11. The lowest BCUT2D eigenvalue weighted by Crippen LogP contribution is -2.47. The van der Waals surface area contributed by atoms with E-state index in [1.54, 1.807) is 6.07 Å². The first-order valence-corrected chi connectivity index (χ1v) is 8.95. The molecule has 0 unspecified atom stereocenters. The molecule has 1 heterocycles. The monoisotopic (exact) mass is 354 g/mol. The highest BCUT2D eigenvalue weighted by Crippen LogP contribution is 2.39. The molecule has 1 aromatic rings. The Morgan fingerprint density at radius 3 is 2.52 bits per heavy atom. The Bertz CT molecular complexity index is 450. The highest BCUT2D eigenvalue weighted by molar-refractivity contribution is 9.10. The Kier molecular flexibility index (Phi) is 5.30. The van der Waals surface area contributed by atoms with Gasteiger partial charge < -0.3 is 5.32 Å². The number of piperazine rings is 1. The molecular formula is C17H24BrFN2. The fourth-order valence-electron chi connectivity index (χ4n) is 3.89. The van der Waals surface area contributed by atoms with E-state index in [2.05, 4.69) is 32.2 Å². The van der Waals surface area contributed by atoms with Crippen molar-refractivity contribution in [2.24, 2.45) is 5.92 Å². The van der Waals surface area contributed by atoms with Gasteiger partial charge in [0, 0.05) is 32.2 Å². The minimum Gasteiger partial charge on any atom is -0.314 e. The van der Waals surface area contributed by atoms with Gasteiger partial charge in [-0.25, -0.2) is 4.39 Å². The fraction of sp³-hybridized carbons (Fsp3) is 0.647. The molecule has 2 aliphatic rings. The van der Waals surface area contributed by atoms with Crippen LogP contribution in [0.3, 0.4) is 0 Å². The van der Waals surface area contributed by atoms with Gasteiger partial charge >= 0.3 is 0 Å². The molecule has 2 fully saturated rings. The maximum absolute atomic E-state index is 14.0. The molecule has 0 aromatic heterocycles. The molecule has 1 aliphatic carbocycles. The van der Waals surface area contributed by atoms with Crippen molar-refractivity contribution in [2.75, 3.05) is 26.2 Å². The van der Waals surface area contributed by atoms with Gasteiger partial charge in [-0.3, -0.25) is 4.90 Å². The van der Waals surface area contributed by atoms with Crippen molar-refractivity contribution in [3.05, 3.63) is 34.1 Å². The van der Waals surface area contributed by atoms with E-state index < -0.39 is 0 Å². The highest BCUT2D eigenvalue weighted by Gasteiger charge is 2.31. The average Bonchev–Trinajstić information content (AvgIpc) is 2.53. The first kappa shape index (κ1) is 15.4. The smallest absolute Gasteiger partial charge is 0.137 e. The van der Waals surface area contributed by atoms with Crippen LogP contribution in [0.1, 0.15) is 43.7 Å². The Labute approximate surface area is 135 Å². The van der Waals surface area contributed by atoms with E-state index >= 15 is 0 Å². The number of hydrogen-bond donors (Lipinski definition) is 1. The molecule has 4 heteroatoms.